The van der Waals surface area contributed by atoms with Crippen LogP contribution in [0.15, 0.2) is 24.3 Å². The molecule has 2 aliphatic rings. The van der Waals surface area contributed by atoms with Crippen LogP contribution in [-0.4, -0.2) is 64.6 Å². The Hall–Kier alpha value is -3.43. The van der Waals surface area contributed by atoms with Crippen LogP contribution in [-0.2, 0) is 36.9 Å². The molecule has 3 rings (SSSR count). The zero-order valence-corrected chi connectivity index (χ0v) is 27.0. The predicted octanol–water partition coefficient (Wildman–Crippen LogP) is 2.69. The van der Waals surface area contributed by atoms with Crippen molar-refractivity contribution in [3.63, 3.8) is 0 Å². The molecule has 0 radical (unpaired) electrons. The molecular weight excluding hydrogens is 546 g/mol. The van der Waals surface area contributed by atoms with Crippen LogP contribution in [0.4, 0.5) is 0 Å². The van der Waals surface area contributed by atoms with Crippen molar-refractivity contribution in [2.75, 3.05) is 0 Å². The summed E-state index contributed by atoms with van der Waals surface area (Å²) in [5.41, 5.74) is 1.90. The number of carbonyl (C=O) groups is 5. The van der Waals surface area contributed by atoms with E-state index in [-0.39, 0.29) is 42.5 Å². The number of rotatable bonds is 7. The molecule has 0 aromatic heterocycles. The van der Waals surface area contributed by atoms with E-state index < -0.39 is 53.8 Å². The van der Waals surface area contributed by atoms with Crippen molar-refractivity contribution < 1.29 is 24.0 Å². The molecule has 10 heteroatoms. The number of benzene rings is 1. The van der Waals surface area contributed by atoms with Crippen LogP contribution in [0.1, 0.15) is 85.8 Å². The minimum Gasteiger partial charge on any atom is -0.343 e. The second kappa shape index (κ2) is 14.8. The summed E-state index contributed by atoms with van der Waals surface area (Å²) in [5.74, 6) is -2.26. The monoisotopic (exact) mass is 597 g/mol. The highest BCUT2D eigenvalue weighted by molar-refractivity contribution is 5.98. The molecule has 0 spiro atoms. The van der Waals surface area contributed by atoms with Crippen LogP contribution in [0.5, 0.6) is 0 Å². The summed E-state index contributed by atoms with van der Waals surface area (Å²) < 4.78 is 0. The fraction of sp³-hybridized carbons (Fsp3) is 0.667. The van der Waals surface area contributed by atoms with Gasteiger partial charge in [-0.1, -0.05) is 79.7 Å². The summed E-state index contributed by atoms with van der Waals surface area (Å²) in [5, 5.41) is 11.6. The molecule has 238 valence electrons. The minimum absolute atomic E-state index is 0.0699. The summed E-state index contributed by atoms with van der Waals surface area (Å²) in [6.07, 6.45) is 1.36. The summed E-state index contributed by atoms with van der Waals surface area (Å²) >= 11 is 0. The normalized spacial score (nSPS) is 25.9. The quantitative estimate of drug-likeness (QED) is 0.383. The maximum atomic E-state index is 14.3. The van der Waals surface area contributed by atoms with Crippen molar-refractivity contribution in [2.45, 2.75) is 118 Å². The maximum Gasteiger partial charge on any atom is 0.246 e. The van der Waals surface area contributed by atoms with Crippen molar-refractivity contribution in [1.82, 2.24) is 26.2 Å². The van der Waals surface area contributed by atoms with Gasteiger partial charge in [-0.15, -0.1) is 0 Å². The van der Waals surface area contributed by atoms with Gasteiger partial charge in [0.25, 0.3) is 0 Å². The van der Waals surface area contributed by atoms with Gasteiger partial charge in [0.1, 0.15) is 30.2 Å². The van der Waals surface area contributed by atoms with E-state index in [1.165, 1.54) is 0 Å². The van der Waals surface area contributed by atoms with Crippen LogP contribution in [0.2, 0.25) is 0 Å². The fourth-order valence-corrected chi connectivity index (χ4v) is 5.88. The molecule has 1 aromatic rings. The number of fused-ring (bicyclic) bond motifs is 2. The molecule has 1 saturated heterocycles. The van der Waals surface area contributed by atoms with Gasteiger partial charge in [0.2, 0.25) is 29.5 Å². The van der Waals surface area contributed by atoms with Crippen LogP contribution < -0.4 is 21.3 Å². The zero-order valence-electron chi connectivity index (χ0n) is 27.0. The second-order valence-corrected chi connectivity index (χ2v) is 13.8. The van der Waals surface area contributed by atoms with Gasteiger partial charge < -0.3 is 26.2 Å². The van der Waals surface area contributed by atoms with E-state index in [4.69, 9.17) is 0 Å². The summed E-state index contributed by atoms with van der Waals surface area (Å²) in [6.45, 7) is 15.6. The van der Waals surface area contributed by atoms with E-state index >= 15 is 0 Å². The Morgan fingerprint density at radius 1 is 0.628 bits per heavy atom. The van der Waals surface area contributed by atoms with E-state index in [1.54, 1.807) is 4.90 Å². The topological polar surface area (TPSA) is 137 Å². The Labute approximate surface area is 256 Å². The van der Waals surface area contributed by atoms with Crippen molar-refractivity contribution in [2.24, 2.45) is 23.7 Å². The Balaban J connectivity index is 2.13. The van der Waals surface area contributed by atoms with E-state index in [0.717, 1.165) is 11.1 Å². The van der Waals surface area contributed by atoms with Gasteiger partial charge in [-0.05, 0) is 54.1 Å². The van der Waals surface area contributed by atoms with E-state index in [0.29, 0.717) is 19.3 Å². The first-order valence-corrected chi connectivity index (χ1v) is 15.8. The third-order valence-electron chi connectivity index (χ3n) is 8.08. The minimum atomic E-state index is -0.921. The lowest BCUT2D eigenvalue weighted by Crippen LogP contribution is -2.60. The van der Waals surface area contributed by atoms with Gasteiger partial charge >= 0.3 is 0 Å². The number of nitrogens with zero attached hydrogens (tertiary/aromatic N) is 1. The molecule has 1 fully saturated rings. The lowest BCUT2D eigenvalue weighted by Gasteiger charge is -2.39. The summed E-state index contributed by atoms with van der Waals surface area (Å²) in [7, 11) is 0. The third-order valence-corrected chi connectivity index (χ3v) is 8.08. The largest absolute Gasteiger partial charge is 0.343 e. The zero-order chi connectivity index (χ0) is 32.0. The molecule has 10 nitrogen and oxygen atoms in total. The number of amides is 5. The molecule has 43 heavy (non-hydrogen) atoms. The average molecular weight is 598 g/mol. The molecule has 2 aliphatic heterocycles. The molecule has 0 saturated carbocycles. The van der Waals surface area contributed by atoms with Crippen LogP contribution in [0.25, 0.3) is 0 Å². The smallest absolute Gasteiger partial charge is 0.246 e. The highest BCUT2D eigenvalue weighted by Gasteiger charge is 2.41. The SMILES string of the molecule is CC(C)C[C@@H]1NC(=O)[C@H](CC(C)C)NC(=O)[C@@H]2Cc3ccccc3CN2C(=O)[C@H](CC(C)C)NC(=O)[C@H](C(C)C)NC1=O. The van der Waals surface area contributed by atoms with Crippen molar-refractivity contribution in [3.05, 3.63) is 35.4 Å². The van der Waals surface area contributed by atoms with Crippen molar-refractivity contribution in [1.29, 1.82) is 0 Å². The van der Waals surface area contributed by atoms with E-state index in [1.807, 2.05) is 79.7 Å². The maximum absolute atomic E-state index is 14.3. The van der Waals surface area contributed by atoms with Crippen molar-refractivity contribution >= 4 is 29.5 Å². The Bertz CT molecular complexity index is 1180. The summed E-state index contributed by atoms with van der Waals surface area (Å²) in [6, 6.07) is 3.22. The first kappa shape index (κ1) is 34.1. The molecule has 5 amide bonds. The average Bonchev–Trinajstić information content (AvgIpc) is 2.92. The van der Waals surface area contributed by atoms with Gasteiger partial charge in [-0.2, -0.15) is 0 Å². The van der Waals surface area contributed by atoms with Crippen LogP contribution in [0.3, 0.4) is 0 Å². The lowest BCUT2D eigenvalue weighted by atomic mass is 9.91. The standard InChI is InChI=1S/C33H51N5O5/c1-18(2)13-24-29(39)34-25(14-19(3)4)30(40)37-28(21(7)8)32(42)36-26(15-20(5)6)33(43)38-17-23-12-10-9-11-22(23)16-27(38)31(41)35-24/h9-12,18-21,24-28H,13-17H2,1-8H3,(H,34,39)(H,35,41)(H,36,42)(H,37,40)/t24-,25-,26-,27-,28-/m0/s1. The number of hydrogen-bond acceptors (Lipinski definition) is 5. The summed E-state index contributed by atoms with van der Waals surface area (Å²) in [4.78, 5) is 70.7. The van der Waals surface area contributed by atoms with Gasteiger partial charge in [-0.3, -0.25) is 24.0 Å². The number of nitrogens with one attached hydrogen (secondary N) is 4. The fourth-order valence-electron chi connectivity index (χ4n) is 5.88. The number of carbonyl (C=O) groups excluding carboxylic acids is 5. The second-order valence-electron chi connectivity index (χ2n) is 13.8. The van der Waals surface area contributed by atoms with Gasteiger partial charge in [0.05, 0.1) is 0 Å². The Morgan fingerprint density at radius 3 is 1.63 bits per heavy atom. The molecule has 4 N–H and O–H groups in total. The Kier molecular flexibility index (Phi) is 11.8. The third kappa shape index (κ3) is 9.03. The molecular formula is C33H51N5O5. The first-order valence-electron chi connectivity index (χ1n) is 15.8. The van der Waals surface area contributed by atoms with Gasteiger partial charge in [-0.25, -0.2) is 0 Å². The van der Waals surface area contributed by atoms with E-state index in [9.17, 15) is 24.0 Å². The lowest BCUT2D eigenvalue weighted by molar-refractivity contribution is -0.146. The van der Waals surface area contributed by atoms with Crippen LogP contribution >= 0.6 is 0 Å². The Morgan fingerprint density at radius 2 is 1.09 bits per heavy atom. The van der Waals surface area contributed by atoms with Crippen molar-refractivity contribution in [3.8, 4) is 0 Å². The molecule has 0 aliphatic carbocycles. The van der Waals surface area contributed by atoms with Gasteiger partial charge in [0, 0.05) is 13.0 Å². The first-order chi connectivity index (χ1) is 20.2. The van der Waals surface area contributed by atoms with E-state index in [2.05, 4.69) is 21.3 Å². The molecule has 1 aromatic carbocycles. The highest BCUT2D eigenvalue weighted by atomic mass is 16.2. The number of hydrogen-bond donors (Lipinski definition) is 4. The van der Waals surface area contributed by atoms with Gasteiger partial charge in [0.15, 0.2) is 0 Å². The molecule has 5 atom stereocenters. The highest BCUT2D eigenvalue weighted by Crippen LogP contribution is 2.26. The molecule has 0 unspecified atom stereocenters. The molecule has 0 bridgehead atoms. The van der Waals surface area contributed by atoms with Crippen LogP contribution in [0, 0.1) is 23.7 Å². The predicted molar refractivity (Wildman–Crippen MR) is 165 cm³/mol. The molecule has 2 heterocycles.